The molecule has 0 aromatic carbocycles. The monoisotopic (exact) mass is 544 g/mol. The van der Waals surface area contributed by atoms with E-state index >= 15 is 0 Å². The molecule has 0 unspecified atom stereocenters. The number of carbonyl (C=O) groups excluding carboxylic acids is 2. The summed E-state index contributed by atoms with van der Waals surface area (Å²) in [5, 5.41) is 32.6. The number of hydrogen-bond donors (Lipinski definition) is 5. The van der Waals surface area contributed by atoms with E-state index in [0.29, 0.717) is 23.3 Å². The first-order valence-corrected chi connectivity index (χ1v) is 13.5. The van der Waals surface area contributed by atoms with Crippen LogP contribution in [-0.4, -0.2) is 112 Å². The molecule has 6 N–H and O–H groups in total. The second kappa shape index (κ2) is 9.81. The predicted octanol–water partition coefficient (Wildman–Crippen LogP) is -1.38. The molecule has 15 nitrogen and oxygen atoms in total. The number of anilines is 1. The first-order valence-electron chi connectivity index (χ1n) is 11.7. The van der Waals surface area contributed by atoms with E-state index in [9.17, 15) is 14.8 Å². The second-order valence-corrected chi connectivity index (χ2v) is 10.9. The zero-order chi connectivity index (χ0) is 25.5. The van der Waals surface area contributed by atoms with Gasteiger partial charge in [-0.2, -0.15) is 14.6 Å². The van der Waals surface area contributed by atoms with Crippen LogP contribution in [0.4, 0.5) is 5.13 Å². The number of fused-ring (bicyclic) bond motifs is 1. The van der Waals surface area contributed by atoms with Gasteiger partial charge in [0.05, 0.1) is 5.70 Å². The average Bonchev–Trinajstić information content (AvgIpc) is 3.71. The molecular weight excluding hydrogens is 520 g/mol. The third kappa shape index (κ3) is 4.36. The first-order chi connectivity index (χ1) is 18.0. The molecule has 0 saturated carbocycles. The van der Waals surface area contributed by atoms with Gasteiger partial charge in [0.2, 0.25) is 17.4 Å². The standard InChI is InChI=1S/C20H24N12O3S2/c21-20-24-15(28-37-20)12(27-35)17(33)23-13-18(34)32-14(16-25-29-30-26-16)10(8-36-19(13)32)5-9-2-4-31(7-9)11-1-3-22-6-11/h5,11,13,19,22,35H,1-4,6-8H2,(H,23,33)(H2,21,24,28)(H,25,26,29,30)/b9-5+,27-12+/t11-,13-,19-/m1/s1. The van der Waals surface area contributed by atoms with E-state index in [4.69, 9.17) is 5.73 Å². The summed E-state index contributed by atoms with van der Waals surface area (Å²) in [4.78, 5) is 34.0. The first kappa shape index (κ1) is 24.0. The number of nitrogen functional groups attached to an aromatic ring is 1. The Morgan fingerprint density at radius 1 is 1.38 bits per heavy atom. The number of aromatic amines is 1. The van der Waals surface area contributed by atoms with Crippen LogP contribution >= 0.6 is 23.3 Å². The summed E-state index contributed by atoms with van der Waals surface area (Å²) < 4.78 is 3.90. The molecule has 2 aromatic heterocycles. The molecule has 3 atom stereocenters. The second-order valence-electron chi connectivity index (χ2n) is 9.04. The van der Waals surface area contributed by atoms with Gasteiger partial charge in [0.1, 0.15) is 11.4 Å². The molecule has 4 aliphatic rings. The number of H-pyrrole nitrogens is 1. The molecule has 4 aliphatic heterocycles. The quantitative estimate of drug-likeness (QED) is 0.124. The van der Waals surface area contributed by atoms with Crippen molar-refractivity contribution in [3.8, 4) is 0 Å². The van der Waals surface area contributed by atoms with Crippen LogP contribution in [0.2, 0.25) is 0 Å². The van der Waals surface area contributed by atoms with Gasteiger partial charge in [-0.1, -0.05) is 16.8 Å². The number of hydrogen-bond acceptors (Lipinski definition) is 14. The molecule has 0 aliphatic carbocycles. The fraction of sp³-hybridized carbons (Fsp3) is 0.500. The van der Waals surface area contributed by atoms with Crippen molar-refractivity contribution < 1.29 is 14.8 Å². The highest BCUT2D eigenvalue weighted by atomic mass is 32.2. The Bertz CT molecular complexity index is 1300. The van der Waals surface area contributed by atoms with Crippen molar-refractivity contribution in [1.29, 1.82) is 0 Å². The molecule has 17 heteroatoms. The smallest absolute Gasteiger partial charge is 0.278 e. The number of β-lactam (4-membered cyclic amide) rings is 1. The highest BCUT2D eigenvalue weighted by molar-refractivity contribution is 8.00. The van der Waals surface area contributed by atoms with Gasteiger partial charge < -0.3 is 21.6 Å². The molecule has 0 spiro atoms. The fourth-order valence-electron chi connectivity index (χ4n) is 5.09. The number of nitrogens with zero attached hydrogens (tertiary/aromatic N) is 8. The van der Waals surface area contributed by atoms with Crippen LogP contribution in [0.15, 0.2) is 22.4 Å². The van der Waals surface area contributed by atoms with Crippen LogP contribution in [0.5, 0.6) is 0 Å². The van der Waals surface area contributed by atoms with Crippen molar-refractivity contribution in [1.82, 2.24) is 50.4 Å². The number of tetrazole rings is 1. The largest absolute Gasteiger partial charge is 0.410 e. The predicted molar refractivity (Wildman–Crippen MR) is 134 cm³/mol. The molecule has 0 bridgehead atoms. The minimum absolute atomic E-state index is 0.109. The van der Waals surface area contributed by atoms with Crippen molar-refractivity contribution in [3.63, 3.8) is 0 Å². The lowest BCUT2D eigenvalue weighted by atomic mass is 10.0. The summed E-state index contributed by atoms with van der Waals surface area (Å²) >= 11 is 2.40. The number of likely N-dealkylation sites (tertiary alicyclic amines) is 1. The average molecular weight is 545 g/mol. The normalized spacial score (nSPS) is 27.6. The molecule has 0 radical (unpaired) electrons. The molecule has 3 saturated heterocycles. The van der Waals surface area contributed by atoms with Crippen molar-refractivity contribution in [3.05, 3.63) is 28.9 Å². The van der Waals surface area contributed by atoms with Gasteiger partial charge in [0.15, 0.2) is 5.13 Å². The van der Waals surface area contributed by atoms with E-state index in [1.807, 2.05) is 0 Å². The summed E-state index contributed by atoms with van der Waals surface area (Å²) in [7, 11) is 0. The Morgan fingerprint density at radius 3 is 2.97 bits per heavy atom. The summed E-state index contributed by atoms with van der Waals surface area (Å²) in [6.07, 6.45) is 4.29. The SMILES string of the molecule is Nc1nc(/C(=N\O)C(=O)N[C@@H]2C(=O)N3C(c4nn[nH]n4)=C(/C=C4\CCN([C@@H]5CCNC5)C4)CS[C@H]23)ns1. The lowest BCUT2D eigenvalue weighted by Crippen LogP contribution is -2.70. The third-order valence-corrected chi connectivity index (χ3v) is 8.71. The van der Waals surface area contributed by atoms with E-state index in [0.717, 1.165) is 56.1 Å². The maximum absolute atomic E-state index is 13.3. The molecule has 194 valence electrons. The number of carbonyl (C=O) groups is 2. The van der Waals surface area contributed by atoms with Gasteiger partial charge in [-0.05, 0) is 30.2 Å². The number of rotatable bonds is 6. The zero-order valence-corrected chi connectivity index (χ0v) is 21.1. The van der Waals surface area contributed by atoms with Gasteiger partial charge in [-0.15, -0.1) is 22.0 Å². The van der Waals surface area contributed by atoms with E-state index in [2.05, 4.69) is 56.7 Å². The van der Waals surface area contributed by atoms with Gasteiger partial charge in [0.25, 0.3) is 11.8 Å². The van der Waals surface area contributed by atoms with Gasteiger partial charge >= 0.3 is 0 Å². The van der Waals surface area contributed by atoms with E-state index in [1.165, 1.54) is 17.3 Å². The highest BCUT2D eigenvalue weighted by Gasteiger charge is 2.54. The van der Waals surface area contributed by atoms with Crippen molar-refractivity contribution in [2.24, 2.45) is 5.16 Å². The van der Waals surface area contributed by atoms with Crippen molar-refractivity contribution >= 4 is 51.6 Å². The Hall–Kier alpha value is -3.41. The van der Waals surface area contributed by atoms with Crippen molar-refractivity contribution in [2.45, 2.75) is 30.3 Å². The van der Waals surface area contributed by atoms with Crippen molar-refractivity contribution in [2.75, 3.05) is 37.7 Å². The molecular formula is C20H24N12O3S2. The highest BCUT2D eigenvalue weighted by Crippen LogP contribution is 2.44. The number of oxime groups is 1. The van der Waals surface area contributed by atoms with E-state index < -0.39 is 17.7 Å². The lowest BCUT2D eigenvalue weighted by molar-refractivity contribution is -0.142. The summed E-state index contributed by atoms with van der Waals surface area (Å²) in [6.45, 7) is 3.99. The molecule has 3 fully saturated rings. The maximum Gasteiger partial charge on any atom is 0.278 e. The minimum Gasteiger partial charge on any atom is -0.410 e. The van der Waals surface area contributed by atoms with Crippen LogP contribution in [0.3, 0.4) is 0 Å². The fourth-order valence-corrected chi connectivity index (χ4v) is 6.83. The maximum atomic E-state index is 13.3. The summed E-state index contributed by atoms with van der Waals surface area (Å²) in [5.74, 6) is -0.282. The summed E-state index contributed by atoms with van der Waals surface area (Å²) in [5.41, 5.74) is 7.99. The third-order valence-electron chi connectivity index (χ3n) is 6.87. The number of nitrogens with two attached hydrogens (primary N) is 1. The number of nitrogens with one attached hydrogen (secondary N) is 3. The Labute approximate surface area is 218 Å². The molecule has 6 heterocycles. The molecule has 2 amide bonds. The van der Waals surface area contributed by atoms with Crippen LogP contribution in [0, 0.1) is 0 Å². The zero-order valence-electron chi connectivity index (χ0n) is 19.5. The van der Waals surface area contributed by atoms with E-state index in [1.54, 1.807) is 4.90 Å². The van der Waals surface area contributed by atoms with Crippen LogP contribution in [0.25, 0.3) is 5.70 Å². The topological polar surface area (TPSA) is 204 Å². The van der Waals surface area contributed by atoms with Crippen LogP contribution < -0.4 is 16.4 Å². The van der Waals surface area contributed by atoms with Gasteiger partial charge in [-0.25, -0.2) is 0 Å². The van der Waals surface area contributed by atoms with Gasteiger partial charge in [-0.3, -0.25) is 19.4 Å². The number of amides is 2. The Kier molecular flexibility index (Phi) is 6.35. The van der Waals surface area contributed by atoms with Crippen LogP contribution in [-0.2, 0) is 9.59 Å². The van der Waals surface area contributed by atoms with Gasteiger partial charge in [0, 0.05) is 43.0 Å². The summed E-state index contributed by atoms with van der Waals surface area (Å²) in [6, 6.07) is -0.274. The number of aromatic nitrogens is 6. The molecule has 2 aromatic rings. The molecule has 37 heavy (non-hydrogen) atoms. The minimum atomic E-state index is -0.835. The number of allylic oxidation sites excluding steroid dienone is 1. The van der Waals surface area contributed by atoms with E-state index in [-0.39, 0.29) is 22.2 Å². The number of thioether (sulfide) groups is 1. The molecule has 6 rings (SSSR count). The Balaban J connectivity index is 1.22. The van der Waals surface area contributed by atoms with Crippen LogP contribution in [0.1, 0.15) is 24.5 Å². The Morgan fingerprint density at radius 2 is 2.27 bits per heavy atom. The lowest BCUT2D eigenvalue weighted by Gasteiger charge is -2.49.